The van der Waals surface area contributed by atoms with Gasteiger partial charge in [-0.15, -0.1) is 0 Å². The van der Waals surface area contributed by atoms with Gasteiger partial charge in [0.05, 0.1) is 12.6 Å². The van der Waals surface area contributed by atoms with E-state index in [9.17, 15) is 4.79 Å². The SMILES string of the molecule is COc1ccc2c(c1)c(CCC(C)S)c(C)n2C(=O)c1ccc(Cl)cc1. The minimum absolute atomic E-state index is 0.0560. The van der Waals surface area contributed by atoms with Gasteiger partial charge >= 0.3 is 0 Å². The summed E-state index contributed by atoms with van der Waals surface area (Å²) in [4.78, 5) is 13.2. The maximum absolute atomic E-state index is 13.2. The van der Waals surface area contributed by atoms with Crippen molar-refractivity contribution in [3.05, 3.63) is 64.3 Å². The van der Waals surface area contributed by atoms with Gasteiger partial charge in [0.2, 0.25) is 0 Å². The molecule has 1 unspecified atom stereocenters. The molecule has 2 aromatic carbocycles. The largest absolute Gasteiger partial charge is 0.497 e. The van der Waals surface area contributed by atoms with Crippen LogP contribution in [0.5, 0.6) is 5.75 Å². The Bertz CT molecular complexity index is 945. The Hall–Kier alpha value is -1.91. The Balaban J connectivity index is 2.16. The molecule has 1 heterocycles. The van der Waals surface area contributed by atoms with E-state index in [-0.39, 0.29) is 5.91 Å². The molecular weight excluding hydrogens is 366 g/mol. The number of halogens is 1. The first-order chi connectivity index (χ1) is 12.4. The lowest BCUT2D eigenvalue weighted by molar-refractivity contribution is 0.0963. The van der Waals surface area contributed by atoms with Crippen molar-refractivity contribution >= 4 is 41.0 Å². The van der Waals surface area contributed by atoms with Gasteiger partial charge in [-0.3, -0.25) is 9.36 Å². The summed E-state index contributed by atoms with van der Waals surface area (Å²) < 4.78 is 7.17. The predicted molar refractivity (Wildman–Crippen MR) is 111 cm³/mol. The number of hydrogen-bond acceptors (Lipinski definition) is 3. The summed E-state index contributed by atoms with van der Waals surface area (Å²) >= 11 is 10.5. The first kappa shape index (κ1) is 18.9. The Morgan fingerprint density at radius 2 is 1.92 bits per heavy atom. The van der Waals surface area contributed by atoms with Gasteiger partial charge in [0.1, 0.15) is 5.75 Å². The van der Waals surface area contributed by atoms with Gasteiger partial charge in [-0.1, -0.05) is 18.5 Å². The predicted octanol–water partition coefficient (Wildman–Crippen LogP) is 5.55. The number of aryl methyl sites for hydroxylation is 1. The van der Waals surface area contributed by atoms with Crippen molar-refractivity contribution in [3.8, 4) is 5.75 Å². The molecule has 0 spiro atoms. The number of carbonyl (C=O) groups excluding carboxylic acids is 1. The van der Waals surface area contributed by atoms with E-state index in [0.29, 0.717) is 15.8 Å². The number of methoxy groups -OCH3 is 1. The first-order valence-corrected chi connectivity index (χ1v) is 9.48. The van der Waals surface area contributed by atoms with Gasteiger partial charge in [0, 0.05) is 21.7 Å². The van der Waals surface area contributed by atoms with Crippen LogP contribution < -0.4 is 4.74 Å². The van der Waals surface area contributed by atoms with Crippen LogP contribution in [-0.4, -0.2) is 22.8 Å². The van der Waals surface area contributed by atoms with E-state index in [1.807, 2.05) is 25.1 Å². The summed E-state index contributed by atoms with van der Waals surface area (Å²) in [5, 5.41) is 1.97. The van der Waals surface area contributed by atoms with E-state index >= 15 is 0 Å². The molecule has 1 aromatic heterocycles. The second-order valence-corrected chi connectivity index (χ2v) is 7.80. The number of benzene rings is 2. The lowest BCUT2D eigenvalue weighted by Crippen LogP contribution is -2.13. The molecule has 0 aliphatic carbocycles. The Morgan fingerprint density at radius 3 is 2.54 bits per heavy atom. The zero-order chi connectivity index (χ0) is 18.8. The van der Waals surface area contributed by atoms with Crippen LogP contribution in [0.3, 0.4) is 0 Å². The van der Waals surface area contributed by atoms with Crippen molar-refractivity contribution < 1.29 is 9.53 Å². The number of rotatable bonds is 5. The number of nitrogens with zero attached hydrogens (tertiary/aromatic N) is 1. The van der Waals surface area contributed by atoms with E-state index < -0.39 is 0 Å². The van der Waals surface area contributed by atoms with Crippen LogP contribution in [0.2, 0.25) is 5.02 Å². The highest BCUT2D eigenvalue weighted by Crippen LogP contribution is 2.31. The van der Waals surface area contributed by atoms with E-state index in [1.54, 1.807) is 35.9 Å². The second kappa shape index (κ2) is 7.77. The highest BCUT2D eigenvalue weighted by Gasteiger charge is 2.20. The van der Waals surface area contributed by atoms with Crippen LogP contribution in [0.25, 0.3) is 10.9 Å². The average molecular weight is 388 g/mol. The number of carbonyl (C=O) groups is 1. The van der Waals surface area contributed by atoms with Crippen LogP contribution in [0.15, 0.2) is 42.5 Å². The molecule has 0 radical (unpaired) electrons. The third kappa shape index (κ3) is 3.62. The molecule has 0 N–H and O–H groups in total. The molecule has 5 heteroatoms. The van der Waals surface area contributed by atoms with Gasteiger partial charge in [-0.25, -0.2) is 0 Å². The molecule has 0 saturated carbocycles. The zero-order valence-corrected chi connectivity index (χ0v) is 16.8. The fourth-order valence-electron chi connectivity index (χ4n) is 3.24. The summed E-state index contributed by atoms with van der Waals surface area (Å²) in [7, 11) is 1.65. The molecule has 0 saturated heterocycles. The smallest absolute Gasteiger partial charge is 0.262 e. The number of hydrogen-bond donors (Lipinski definition) is 1. The molecule has 3 aromatic rings. The molecular formula is C21H22ClNO2S. The van der Waals surface area contributed by atoms with Gasteiger partial charge in [0.15, 0.2) is 0 Å². The van der Waals surface area contributed by atoms with Crippen molar-refractivity contribution in [2.24, 2.45) is 0 Å². The Kier molecular flexibility index (Phi) is 5.64. The quantitative estimate of drug-likeness (QED) is 0.582. The fraction of sp³-hybridized carbons (Fsp3) is 0.286. The number of aromatic nitrogens is 1. The molecule has 0 amide bonds. The van der Waals surface area contributed by atoms with E-state index in [1.165, 1.54) is 5.56 Å². The zero-order valence-electron chi connectivity index (χ0n) is 15.1. The fourth-order valence-corrected chi connectivity index (χ4v) is 3.50. The lowest BCUT2D eigenvalue weighted by atomic mass is 10.0. The van der Waals surface area contributed by atoms with Gasteiger partial charge in [0.25, 0.3) is 5.91 Å². The normalized spacial score (nSPS) is 12.3. The van der Waals surface area contributed by atoms with Crippen molar-refractivity contribution in [3.63, 3.8) is 0 Å². The summed E-state index contributed by atoms with van der Waals surface area (Å²) in [5.41, 5.74) is 3.63. The summed E-state index contributed by atoms with van der Waals surface area (Å²) in [6, 6.07) is 12.8. The second-order valence-electron chi connectivity index (χ2n) is 6.48. The third-order valence-electron chi connectivity index (χ3n) is 4.65. The Labute approximate surface area is 164 Å². The third-order valence-corrected chi connectivity index (χ3v) is 5.16. The highest BCUT2D eigenvalue weighted by molar-refractivity contribution is 7.80. The highest BCUT2D eigenvalue weighted by atomic mass is 35.5. The molecule has 0 bridgehead atoms. The molecule has 3 rings (SSSR count). The van der Waals surface area contributed by atoms with Crippen LogP contribution in [0.4, 0.5) is 0 Å². The molecule has 1 atom stereocenters. The topological polar surface area (TPSA) is 31.2 Å². The molecule has 26 heavy (non-hydrogen) atoms. The summed E-state index contributed by atoms with van der Waals surface area (Å²) in [6.45, 7) is 4.08. The summed E-state index contributed by atoms with van der Waals surface area (Å²) in [5.74, 6) is 0.730. The molecule has 0 aliphatic rings. The number of ether oxygens (including phenoxy) is 1. The van der Waals surface area contributed by atoms with Crippen LogP contribution in [0.1, 0.15) is 35.0 Å². The molecule has 0 aliphatic heterocycles. The average Bonchev–Trinajstić information content (AvgIpc) is 2.90. The van der Waals surface area contributed by atoms with Crippen molar-refractivity contribution in [2.75, 3.05) is 7.11 Å². The van der Waals surface area contributed by atoms with E-state index in [0.717, 1.165) is 35.2 Å². The standard InChI is InChI=1S/C21H22ClNO2S/c1-13(26)4-10-18-14(2)23(20-11-9-17(25-3)12-19(18)20)21(24)15-5-7-16(22)8-6-15/h5-9,11-13,26H,4,10H2,1-3H3. The summed E-state index contributed by atoms with van der Waals surface area (Å²) in [6.07, 6.45) is 1.80. The molecule has 136 valence electrons. The monoisotopic (exact) mass is 387 g/mol. The van der Waals surface area contributed by atoms with Gasteiger partial charge in [-0.05, 0) is 73.0 Å². The van der Waals surface area contributed by atoms with Gasteiger partial charge < -0.3 is 4.74 Å². The molecule has 0 fully saturated rings. The maximum Gasteiger partial charge on any atom is 0.262 e. The van der Waals surface area contributed by atoms with Crippen LogP contribution in [0, 0.1) is 6.92 Å². The van der Waals surface area contributed by atoms with Crippen molar-refractivity contribution in [2.45, 2.75) is 31.9 Å². The minimum atomic E-state index is -0.0560. The van der Waals surface area contributed by atoms with E-state index in [4.69, 9.17) is 16.3 Å². The minimum Gasteiger partial charge on any atom is -0.497 e. The van der Waals surface area contributed by atoms with Crippen LogP contribution in [-0.2, 0) is 6.42 Å². The number of fused-ring (bicyclic) bond motifs is 1. The molecule has 3 nitrogen and oxygen atoms in total. The van der Waals surface area contributed by atoms with Crippen LogP contribution >= 0.6 is 24.2 Å². The lowest BCUT2D eigenvalue weighted by Gasteiger charge is -2.08. The van der Waals surface area contributed by atoms with Gasteiger partial charge in [-0.2, -0.15) is 12.6 Å². The maximum atomic E-state index is 13.2. The number of thiol groups is 1. The van der Waals surface area contributed by atoms with E-state index in [2.05, 4.69) is 19.6 Å². The van der Waals surface area contributed by atoms with Crippen molar-refractivity contribution in [1.82, 2.24) is 4.57 Å². The Morgan fingerprint density at radius 1 is 1.23 bits per heavy atom. The van der Waals surface area contributed by atoms with Crippen molar-refractivity contribution in [1.29, 1.82) is 0 Å². The first-order valence-electron chi connectivity index (χ1n) is 8.58.